The van der Waals surface area contributed by atoms with Gasteiger partial charge in [-0.2, -0.15) is 0 Å². The maximum absolute atomic E-state index is 12.8. The molecule has 1 fully saturated rings. The highest BCUT2D eigenvalue weighted by atomic mass is 35.5. The monoisotopic (exact) mass is 390 g/mol. The molecule has 0 aliphatic heterocycles. The van der Waals surface area contributed by atoms with E-state index in [2.05, 4.69) is 15.3 Å². The molecule has 3 N–H and O–H groups in total. The highest BCUT2D eigenvalue weighted by Gasteiger charge is 2.62. The van der Waals surface area contributed by atoms with E-state index in [1.165, 1.54) is 0 Å². The first-order valence-corrected chi connectivity index (χ1v) is 8.90. The number of nitrogens with zero attached hydrogens (tertiary/aromatic N) is 2. The lowest BCUT2D eigenvalue weighted by Gasteiger charge is -2.57. The van der Waals surface area contributed by atoms with Crippen molar-refractivity contribution in [2.45, 2.75) is 45.8 Å². The molecule has 7 heteroatoms. The summed E-state index contributed by atoms with van der Waals surface area (Å²) in [7, 11) is 0. The topological polar surface area (TPSA) is 90.1 Å². The number of ether oxygens (including phenoxy) is 1. The van der Waals surface area contributed by atoms with Crippen LogP contribution in [0.5, 0.6) is 0 Å². The molecule has 27 heavy (non-hydrogen) atoms. The average Bonchev–Trinajstić information content (AvgIpc) is 2.62. The molecule has 146 valence electrons. The fourth-order valence-corrected chi connectivity index (χ4v) is 3.35. The summed E-state index contributed by atoms with van der Waals surface area (Å²) in [6.07, 6.45) is 2.26. The molecule has 0 saturated heterocycles. The number of rotatable bonds is 5. The van der Waals surface area contributed by atoms with Gasteiger partial charge in [-0.05, 0) is 44.2 Å². The third-order valence-electron chi connectivity index (χ3n) is 5.43. The molecule has 0 bridgehead atoms. The van der Waals surface area contributed by atoms with Crippen LogP contribution in [-0.4, -0.2) is 34.1 Å². The van der Waals surface area contributed by atoms with E-state index in [4.69, 9.17) is 10.5 Å². The molecular formula is C20H27ClN4O2. The first kappa shape index (κ1) is 21.3. The van der Waals surface area contributed by atoms with Gasteiger partial charge in [0.25, 0.3) is 0 Å². The predicted octanol–water partition coefficient (Wildman–Crippen LogP) is 3.34. The van der Waals surface area contributed by atoms with Crippen LogP contribution < -0.4 is 11.1 Å². The molecular weight excluding hydrogens is 364 g/mol. The van der Waals surface area contributed by atoms with Gasteiger partial charge in [-0.15, -0.1) is 12.4 Å². The van der Waals surface area contributed by atoms with E-state index in [9.17, 15) is 4.79 Å². The van der Waals surface area contributed by atoms with Crippen molar-refractivity contribution >= 4 is 24.0 Å². The van der Waals surface area contributed by atoms with Gasteiger partial charge in [-0.1, -0.05) is 13.8 Å². The molecule has 1 aromatic carbocycles. The Kier molecular flexibility index (Phi) is 6.24. The van der Waals surface area contributed by atoms with Gasteiger partial charge in [-0.3, -0.25) is 4.79 Å². The minimum Gasteiger partial charge on any atom is -0.378 e. The number of benzene rings is 1. The molecule has 1 aliphatic carbocycles. The van der Waals surface area contributed by atoms with Gasteiger partial charge in [0.05, 0.1) is 6.10 Å². The molecule has 1 aromatic heterocycles. The average molecular weight is 391 g/mol. The fourth-order valence-electron chi connectivity index (χ4n) is 3.35. The van der Waals surface area contributed by atoms with E-state index < -0.39 is 11.0 Å². The molecule has 0 spiro atoms. The third-order valence-corrected chi connectivity index (χ3v) is 5.43. The second kappa shape index (κ2) is 7.92. The largest absolute Gasteiger partial charge is 0.378 e. The van der Waals surface area contributed by atoms with Crippen molar-refractivity contribution in [2.75, 3.05) is 11.9 Å². The van der Waals surface area contributed by atoms with E-state index in [0.717, 1.165) is 11.3 Å². The first-order chi connectivity index (χ1) is 12.3. The molecule has 2 aromatic rings. The van der Waals surface area contributed by atoms with Gasteiger partial charge in [0.1, 0.15) is 5.54 Å². The molecule has 3 rings (SSSR count). The van der Waals surface area contributed by atoms with E-state index in [0.29, 0.717) is 24.5 Å². The van der Waals surface area contributed by atoms with Crippen molar-refractivity contribution in [3.8, 4) is 11.4 Å². The number of nitrogens with one attached hydrogen (secondary N) is 1. The van der Waals surface area contributed by atoms with E-state index in [1.54, 1.807) is 6.20 Å². The zero-order chi connectivity index (χ0) is 18.9. The summed E-state index contributed by atoms with van der Waals surface area (Å²) in [4.78, 5) is 21.4. The predicted molar refractivity (Wildman–Crippen MR) is 109 cm³/mol. The Morgan fingerprint density at radius 3 is 2.52 bits per heavy atom. The lowest BCUT2D eigenvalue weighted by atomic mass is 9.54. The minimum atomic E-state index is -0.939. The van der Waals surface area contributed by atoms with Crippen molar-refractivity contribution in [3.63, 3.8) is 0 Å². The highest BCUT2D eigenvalue weighted by molar-refractivity contribution is 5.99. The number of amides is 1. The van der Waals surface area contributed by atoms with E-state index >= 15 is 0 Å². The lowest BCUT2D eigenvalue weighted by molar-refractivity contribution is -0.166. The van der Waals surface area contributed by atoms with Crippen LogP contribution in [0, 0.1) is 12.3 Å². The number of carbonyl (C=O) groups excluding carboxylic acids is 1. The standard InChI is InChI=1S/C20H26N4O2.ClH/c1-5-26-16-12-20(21,19(16,3)4)18(25)24-15-8-6-14(7-9-15)17-22-11-10-13(2)23-17;/h6-11,16H,5,12,21H2,1-4H3,(H,24,25);1H. The van der Waals surface area contributed by atoms with Crippen LogP contribution >= 0.6 is 12.4 Å². The number of aryl methyl sites for hydroxylation is 1. The Balaban J connectivity index is 0.00000261. The van der Waals surface area contributed by atoms with Crippen molar-refractivity contribution < 1.29 is 9.53 Å². The van der Waals surface area contributed by atoms with Crippen LogP contribution in [0.25, 0.3) is 11.4 Å². The summed E-state index contributed by atoms with van der Waals surface area (Å²) in [5.41, 5.74) is 7.57. The molecule has 2 atom stereocenters. The Bertz CT molecular complexity index is 810. The molecule has 1 aliphatic rings. The maximum Gasteiger partial charge on any atom is 0.245 e. The van der Waals surface area contributed by atoms with Gasteiger partial charge in [-0.25, -0.2) is 9.97 Å². The summed E-state index contributed by atoms with van der Waals surface area (Å²) >= 11 is 0. The summed E-state index contributed by atoms with van der Waals surface area (Å²) in [5, 5.41) is 2.93. The van der Waals surface area contributed by atoms with Gasteiger partial charge in [0.2, 0.25) is 5.91 Å². The number of halogens is 1. The number of hydrogen-bond donors (Lipinski definition) is 2. The van der Waals surface area contributed by atoms with Crippen LogP contribution in [-0.2, 0) is 9.53 Å². The Morgan fingerprint density at radius 2 is 1.96 bits per heavy atom. The number of carbonyl (C=O) groups is 1. The normalized spacial score (nSPS) is 23.1. The van der Waals surface area contributed by atoms with Gasteiger partial charge < -0.3 is 15.8 Å². The van der Waals surface area contributed by atoms with E-state index in [1.807, 2.05) is 58.0 Å². The quantitative estimate of drug-likeness (QED) is 0.817. The van der Waals surface area contributed by atoms with Gasteiger partial charge >= 0.3 is 0 Å². The van der Waals surface area contributed by atoms with Crippen molar-refractivity contribution in [2.24, 2.45) is 11.1 Å². The summed E-state index contributed by atoms with van der Waals surface area (Å²) in [6.45, 7) is 8.46. The summed E-state index contributed by atoms with van der Waals surface area (Å²) < 4.78 is 5.69. The van der Waals surface area contributed by atoms with Crippen molar-refractivity contribution in [1.82, 2.24) is 9.97 Å². The summed E-state index contributed by atoms with van der Waals surface area (Å²) in [6, 6.07) is 9.32. The third kappa shape index (κ3) is 3.83. The number of nitrogens with two attached hydrogens (primary N) is 1. The number of aromatic nitrogens is 2. The molecule has 6 nitrogen and oxygen atoms in total. The van der Waals surface area contributed by atoms with Crippen molar-refractivity contribution in [3.05, 3.63) is 42.2 Å². The van der Waals surface area contributed by atoms with Gasteiger partial charge in [0.15, 0.2) is 5.82 Å². The highest BCUT2D eigenvalue weighted by Crippen LogP contribution is 2.50. The molecule has 0 radical (unpaired) electrons. The zero-order valence-electron chi connectivity index (χ0n) is 16.2. The molecule has 2 unspecified atom stereocenters. The second-order valence-corrected chi connectivity index (χ2v) is 7.39. The zero-order valence-corrected chi connectivity index (χ0v) is 17.0. The van der Waals surface area contributed by atoms with Crippen LogP contribution in [0.3, 0.4) is 0 Å². The van der Waals surface area contributed by atoms with Crippen LogP contribution in [0.1, 0.15) is 32.9 Å². The Morgan fingerprint density at radius 1 is 1.30 bits per heavy atom. The van der Waals surface area contributed by atoms with Crippen LogP contribution in [0.2, 0.25) is 0 Å². The number of hydrogen-bond acceptors (Lipinski definition) is 5. The first-order valence-electron chi connectivity index (χ1n) is 8.90. The Hall–Kier alpha value is -2.02. The molecule has 1 amide bonds. The Labute approximate surface area is 166 Å². The van der Waals surface area contributed by atoms with Crippen molar-refractivity contribution in [1.29, 1.82) is 0 Å². The minimum absolute atomic E-state index is 0. The lowest BCUT2D eigenvalue weighted by Crippen LogP contribution is -2.74. The molecule has 1 heterocycles. The van der Waals surface area contributed by atoms with Crippen LogP contribution in [0.4, 0.5) is 5.69 Å². The smallest absolute Gasteiger partial charge is 0.245 e. The maximum atomic E-state index is 12.8. The SMILES string of the molecule is CCOC1CC(N)(C(=O)Nc2ccc(-c3nccc(C)n3)cc2)C1(C)C.Cl. The second-order valence-electron chi connectivity index (χ2n) is 7.39. The molecule has 1 saturated carbocycles. The van der Waals surface area contributed by atoms with E-state index in [-0.39, 0.29) is 24.4 Å². The van der Waals surface area contributed by atoms with Crippen LogP contribution in [0.15, 0.2) is 36.5 Å². The van der Waals surface area contributed by atoms with Gasteiger partial charge in [0, 0.05) is 41.6 Å². The fraction of sp³-hybridized carbons (Fsp3) is 0.450. The summed E-state index contributed by atoms with van der Waals surface area (Å²) in [5.74, 6) is 0.482. The number of anilines is 1.